The van der Waals surface area contributed by atoms with E-state index in [-0.39, 0.29) is 6.04 Å². The third-order valence-electron chi connectivity index (χ3n) is 3.39. The second-order valence-corrected chi connectivity index (χ2v) is 5.52. The van der Waals surface area contributed by atoms with E-state index in [2.05, 4.69) is 27.9 Å². The minimum atomic E-state index is -0.535. The van der Waals surface area contributed by atoms with Crippen LogP contribution in [0.1, 0.15) is 29.4 Å². The molecule has 0 aliphatic heterocycles. The molecule has 2 heterocycles. The van der Waals surface area contributed by atoms with Gasteiger partial charge in [0.15, 0.2) is 0 Å². The predicted molar refractivity (Wildman–Crippen MR) is 84.6 cm³/mol. The van der Waals surface area contributed by atoms with E-state index in [1.54, 1.807) is 0 Å². The number of nitrogens with one attached hydrogen (secondary N) is 1. The highest BCUT2D eigenvalue weighted by molar-refractivity contribution is 6.33. The zero-order valence-electron chi connectivity index (χ0n) is 12.1. The van der Waals surface area contributed by atoms with Crippen LogP contribution in [0.25, 0.3) is 0 Å². The van der Waals surface area contributed by atoms with E-state index in [1.165, 1.54) is 18.0 Å². The van der Waals surface area contributed by atoms with Gasteiger partial charge in [0, 0.05) is 31.2 Å². The van der Waals surface area contributed by atoms with Gasteiger partial charge in [-0.1, -0.05) is 11.6 Å². The van der Waals surface area contributed by atoms with Crippen LogP contribution in [0.5, 0.6) is 0 Å². The Morgan fingerprint density at radius 2 is 2.33 bits per heavy atom. The van der Waals surface area contributed by atoms with Crippen LogP contribution in [0, 0.1) is 0 Å². The van der Waals surface area contributed by atoms with Crippen molar-refractivity contribution in [2.45, 2.75) is 25.8 Å². The minimum absolute atomic E-state index is 0.212. The molecule has 2 aromatic rings. The number of hydrogen-bond donors (Lipinski definition) is 2. The van der Waals surface area contributed by atoms with Crippen LogP contribution in [0.2, 0.25) is 5.02 Å². The molecule has 1 amide bonds. The summed E-state index contributed by atoms with van der Waals surface area (Å²) in [5, 5.41) is 3.65. The van der Waals surface area contributed by atoms with Gasteiger partial charge in [0.05, 0.1) is 10.6 Å². The molecule has 0 aromatic carbocycles. The molecule has 112 valence electrons. The molecule has 1 atom stereocenters. The second kappa shape index (κ2) is 6.63. The van der Waals surface area contributed by atoms with Gasteiger partial charge in [-0.2, -0.15) is 0 Å². The third kappa shape index (κ3) is 3.98. The smallest absolute Gasteiger partial charge is 0.250 e. The molecule has 0 aliphatic rings. The van der Waals surface area contributed by atoms with Crippen LogP contribution in [-0.2, 0) is 13.5 Å². The zero-order valence-corrected chi connectivity index (χ0v) is 12.9. The van der Waals surface area contributed by atoms with Crippen molar-refractivity contribution in [1.29, 1.82) is 0 Å². The number of nitrogens with zero attached hydrogens (tertiary/aromatic N) is 2. The number of carbonyl (C=O) groups is 1. The van der Waals surface area contributed by atoms with E-state index in [1.807, 2.05) is 19.3 Å². The Balaban J connectivity index is 1.95. The summed E-state index contributed by atoms with van der Waals surface area (Å²) >= 11 is 6.11. The van der Waals surface area contributed by atoms with Crippen molar-refractivity contribution in [2.75, 3.05) is 5.32 Å². The SMILES string of the molecule is C[C@H](CCc1cccn1C)Nc1ncc(C(N)=O)cc1Cl. The van der Waals surface area contributed by atoms with Crippen LogP contribution >= 0.6 is 11.6 Å². The van der Waals surface area contributed by atoms with Gasteiger partial charge in [-0.05, 0) is 38.0 Å². The molecule has 0 unspecified atom stereocenters. The topological polar surface area (TPSA) is 72.9 Å². The highest BCUT2D eigenvalue weighted by atomic mass is 35.5. The lowest BCUT2D eigenvalue weighted by Crippen LogP contribution is -2.18. The Morgan fingerprint density at radius 1 is 1.57 bits per heavy atom. The van der Waals surface area contributed by atoms with Crippen LogP contribution in [-0.4, -0.2) is 21.5 Å². The standard InChI is InChI=1S/C15H19ClN4O/c1-10(5-6-12-4-3-7-20(12)2)19-15-13(16)8-11(9-18-15)14(17)21/h3-4,7-10H,5-6H2,1-2H3,(H2,17,21)(H,18,19)/t10-/m1/s1. The van der Waals surface area contributed by atoms with Gasteiger partial charge in [0.2, 0.25) is 5.91 Å². The summed E-state index contributed by atoms with van der Waals surface area (Å²) in [6.07, 6.45) is 5.39. The van der Waals surface area contributed by atoms with Crippen molar-refractivity contribution < 1.29 is 4.79 Å². The summed E-state index contributed by atoms with van der Waals surface area (Å²) in [5.41, 5.74) is 6.78. The van der Waals surface area contributed by atoms with Crippen molar-refractivity contribution in [3.05, 3.63) is 46.9 Å². The number of halogens is 1. The molecule has 2 rings (SSSR count). The van der Waals surface area contributed by atoms with E-state index >= 15 is 0 Å². The minimum Gasteiger partial charge on any atom is -0.366 e. The van der Waals surface area contributed by atoms with Crippen LogP contribution < -0.4 is 11.1 Å². The van der Waals surface area contributed by atoms with Gasteiger partial charge in [0.1, 0.15) is 5.82 Å². The van der Waals surface area contributed by atoms with E-state index in [0.717, 1.165) is 12.8 Å². The molecule has 3 N–H and O–H groups in total. The maximum atomic E-state index is 11.1. The maximum Gasteiger partial charge on any atom is 0.250 e. The first kappa shape index (κ1) is 15.4. The van der Waals surface area contributed by atoms with Crippen molar-refractivity contribution in [2.24, 2.45) is 12.8 Å². The fourth-order valence-corrected chi connectivity index (χ4v) is 2.33. The Morgan fingerprint density at radius 3 is 2.90 bits per heavy atom. The van der Waals surface area contributed by atoms with E-state index in [9.17, 15) is 4.79 Å². The van der Waals surface area contributed by atoms with Crippen LogP contribution in [0.15, 0.2) is 30.6 Å². The predicted octanol–water partition coefficient (Wildman–Crippen LogP) is 2.61. The van der Waals surface area contributed by atoms with Gasteiger partial charge in [-0.3, -0.25) is 4.79 Å². The summed E-state index contributed by atoms with van der Waals surface area (Å²) in [7, 11) is 2.04. The Kier molecular flexibility index (Phi) is 4.85. The quantitative estimate of drug-likeness (QED) is 0.861. The van der Waals surface area contributed by atoms with Gasteiger partial charge >= 0.3 is 0 Å². The number of primary amides is 1. The van der Waals surface area contributed by atoms with Crippen molar-refractivity contribution in [1.82, 2.24) is 9.55 Å². The number of amides is 1. The molecule has 0 saturated carbocycles. The molecule has 0 fully saturated rings. The monoisotopic (exact) mass is 306 g/mol. The average Bonchev–Trinajstić information content (AvgIpc) is 2.84. The van der Waals surface area contributed by atoms with E-state index < -0.39 is 5.91 Å². The molecule has 0 radical (unpaired) electrons. The highest BCUT2D eigenvalue weighted by Crippen LogP contribution is 2.21. The number of carbonyl (C=O) groups excluding carboxylic acids is 1. The molecule has 5 nitrogen and oxygen atoms in total. The van der Waals surface area contributed by atoms with Crippen LogP contribution in [0.4, 0.5) is 5.82 Å². The lowest BCUT2D eigenvalue weighted by atomic mass is 10.1. The van der Waals surface area contributed by atoms with Gasteiger partial charge in [-0.15, -0.1) is 0 Å². The number of pyridine rings is 1. The summed E-state index contributed by atoms with van der Waals surface area (Å²) < 4.78 is 2.11. The molecule has 6 heteroatoms. The fourth-order valence-electron chi connectivity index (χ4n) is 2.11. The lowest BCUT2D eigenvalue weighted by molar-refractivity contribution is 0.1000. The molecule has 21 heavy (non-hydrogen) atoms. The van der Waals surface area contributed by atoms with E-state index in [0.29, 0.717) is 16.4 Å². The number of anilines is 1. The fraction of sp³-hybridized carbons (Fsp3) is 0.333. The normalized spacial score (nSPS) is 12.1. The number of rotatable bonds is 6. The largest absolute Gasteiger partial charge is 0.366 e. The molecular weight excluding hydrogens is 288 g/mol. The van der Waals surface area contributed by atoms with Crippen molar-refractivity contribution in [3.8, 4) is 0 Å². The molecule has 0 saturated heterocycles. The zero-order chi connectivity index (χ0) is 15.4. The first-order valence-corrected chi connectivity index (χ1v) is 7.17. The van der Waals surface area contributed by atoms with Gasteiger partial charge in [-0.25, -0.2) is 4.98 Å². The number of hydrogen-bond acceptors (Lipinski definition) is 3. The maximum absolute atomic E-state index is 11.1. The Bertz CT molecular complexity index is 638. The number of nitrogens with two attached hydrogens (primary N) is 1. The van der Waals surface area contributed by atoms with E-state index in [4.69, 9.17) is 17.3 Å². The molecule has 0 spiro atoms. The van der Waals surface area contributed by atoms with Gasteiger partial charge in [0.25, 0.3) is 0 Å². The number of aryl methyl sites for hydroxylation is 2. The molecule has 0 aliphatic carbocycles. The third-order valence-corrected chi connectivity index (χ3v) is 3.68. The first-order chi connectivity index (χ1) is 9.97. The Hall–Kier alpha value is -2.01. The van der Waals surface area contributed by atoms with Crippen molar-refractivity contribution in [3.63, 3.8) is 0 Å². The average molecular weight is 307 g/mol. The summed E-state index contributed by atoms with van der Waals surface area (Å²) in [4.78, 5) is 15.2. The van der Waals surface area contributed by atoms with Crippen LogP contribution in [0.3, 0.4) is 0 Å². The van der Waals surface area contributed by atoms with Crippen molar-refractivity contribution >= 4 is 23.3 Å². The summed E-state index contributed by atoms with van der Waals surface area (Å²) in [5.74, 6) is 0.0359. The number of aromatic nitrogens is 2. The van der Waals surface area contributed by atoms with Gasteiger partial charge < -0.3 is 15.6 Å². The summed E-state index contributed by atoms with van der Waals surface area (Å²) in [6, 6.07) is 5.89. The lowest BCUT2D eigenvalue weighted by Gasteiger charge is -2.16. The first-order valence-electron chi connectivity index (χ1n) is 6.79. The Labute approximate surface area is 129 Å². The molecule has 2 aromatic heterocycles. The second-order valence-electron chi connectivity index (χ2n) is 5.11. The molecule has 0 bridgehead atoms. The highest BCUT2D eigenvalue weighted by Gasteiger charge is 2.10. The molecular formula is C15H19ClN4O. The summed E-state index contributed by atoms with van der Waals surface area (Å²) in [6.45, 7) is 2.07.